The van der Waals surface area contributed by atoms with Gasteiger partial charge < -0.3 is 14.9 Å². The highest BCUT2D eigenvalue weighted by molar-refractivity contribution is 5.70. The van der Waals surface area contributed by atoms with Crippen molar-refractivity contribution in [2.45, 2.75) is 78.1 Å². The third-order valence-electron chi connectivity index (χ3n) is 5.30. The lowest BCUT2D eigenvalue weighted by Crippen LogP contribution is -2.35. The molecule has 28 heavy (non-hydrogen) atoms. The summed E-state index contributed by atoms with van der Waals surface area (Å²) in [5.74, 6) is -0.584. The molecule has 1 aliphatic heterocycles. The number of carbonyl (C=O) groups is 1. The van der Waals surface area contributed by atoms with E-state index in [4.69, 9.17) is 4.74 Å². The van der Waals surface area contributed by atoms with Crippen molar-refractivity contribution < 1.29 is 19.7 Å². The van der Waals surface area contributed by atoms with Crippen molar-refractivity contribution in [2.75, 3.05) is 0 Å². The monoisotopic (exact) mass is 390 g/mol. The molecule has 1 aliphatic rings. The summed E-state index contributed by atoms with van der Waals surface area (Å²) in [6.45, 7) is 12.0. The number of allylic oxidation sites excluding steroid dienone is 3. The average Bonchev–Trinajstić information content (AvgIpc) is 2.66. The molecule has 0 aromatic rings. The van der Waals surface area contributed by atoms with Crippen LogP contribution in [-0.2, 0) is 9.53 Å². The Morgan fingerprint density at radius 2 is 1.96 bits per heavy atom. The molecule has 1 rings (SSSR count). The summed E-state index contributed by atoms with van der Waals surface area (Å²) in [4.78, 5) is 12.5. The summed E-state index contributed by atoms with van der Waals surface area (Å²) in [5, 5.41) is 21.0. The zero-order valence-electron chi connectivity index (χ0n) is 17.9. The molecule has 1 heterocycles. The van der Waals surface area contributed by atoms with Crippen molar-refractivity contribution in [3.05, 3.63) is 48.6 Å². The van der Waals surface area contributed by atoms with Crippen LogP contribution in [0.5, 0.6) is 0 Å². The second-order valence-corrected chi connectivity index (χ2v) is 7.99. The maximum absolute atomic E-state index is 12.5. The van der Waals surface area contributed by atoms with Crippen LogP contribution in [0.25, 0.3) is 0 Å². The predicted molar refractivity (Wildman–Crippen MR) is 115 cm³/mol. The van der Waals surface area contributed by atoms with Crippen LogP contribution in [0.2, 0.25) is 0 Å². The molecule has 0 fully saturated rings. The van der Waals surface area contributed by atoms with E-state index >= 15 is 0 Å². The fourth-order valence-corrected chi connectivity index (χ4v) is 3.11. The van der Waals surface area contributed by atoms with Gasteiger partial charge in [0, 0.05) is 11.8 Å². The van der Waals surface area contributed by atoms with Gasteiger partial charge in [0.25, 0.3) is 0 Å². The predicted octanol–water partition coefficient (Wildman–Crippen LogP) is 4.74. The summed E-state index contributed by atoms with van der Waals surface area (Å²) in [5.41, 5.74) is 0.991. The number of carbonyl (C=O) groups excluding carboxylic acids is 1. The number of hydrogen-bond acceptors (Lipinski definition) is 4. The summed E-state index contributed by atoms with van der Waals surface area (Å²) < 4.78 is 5.70. The van der Waals surface area contributed by atoms with Gasteiger partial charge in [-0.05, 0) is 25.2 Å². The van der Waals surface area contributed by atoms with E-state index in [0.29, 0.717) is 0 Å². The highest BCUT2D eigenvalue weighted by Crippen LogP contribution is 2.23. The van der Waals surface area contributed by atoms with Gasteiger partial charge in [-0.1, -0.05) is 82.7 Å². The Hall–Kier alpha value is -1.65. The van der Waals surface area contributed by atoms with E-state index < -0.39 is 18.3 Å². The first kappa shape index (κ1) is 24.4. The molecular formula is C24H38O4. The quantitative estimate of drug-likeness (QED) is 0.538. The molecule has 0 aromatic carbocycles. The number of unbranched alkanes of at least 4 members (excludes halogenated alkanes) is 1. The maximum Gasteiger partial charge on any atom is 0.306 e. The molecule has 4 nitrogen and oxygen atoms in total. The van der Waals surface area contributed by atoms with E-state index in [1.807, 2.05) is 32.9 Å². The summed E-state index contributed by atoms with van der Waals surface area (Å²) in [7, 11) is 0. The standard InChI is InChI=1S/C24H38O4/c1-6-7-8-12-19(4)24-22(26)15-14-18(3)21(25)13-10-9-11-17(2)20(5)16-23(27)28-24/h8,10,12-15,18-22,24-26H,2,6-7,9,11,16H2,1,3-5H3. The normalized spacial score (nSPS) is 32.0. The minimum absolute atomic E-state index is 0.00847. The Morgan fingerprint density at radius 1 is 1.25 bits per heavy atom. The number of hydrogen-bond donors (Lipinski definition) is 2. The van der Waals surface area contributed by atoms with Gasteiger partial charge >= 0.3 is 5.97 Å². The van der Waals surface area contributed by atoms with Crippen LogP contribution in [0.1, 0.15) is 59.8 Å². The van der Waals surface area contributed by atoms with E-state index in [0.717, 1.165) is 31.3 Å². The molecule has 0 saturated carbocycles. The Morgan fingerprint density at radius 3 is 2.64 bits per heavy atom. The molecule has 4 heteroatoms. The molecule has 2 N–H and O–H groups in total. The first-order chi connectivity index (χ1) is 13.3. The van der Waals surface area contributed by atoms with Crippen molar-refractivity contribution in [2.24, 2.45) is 17.8 Å². The Bertz CT molecular complexity index is 575. The second-order valence-electron chi connectivity index (χ2n) is 7.99. The summed E-state index contributed by atoms with van der Waals surface area (Å²) in [6.07, 6.45) is 12.8. The third kappa shape index (κ3) is 8.57. The van der Waals surface area contributed by atoms with E-state index in [1.54, 1.807) is 18.2 Å². The van der Waals surface area contributed by atoms with Gasteiger partial charge in [-0.2, -0.15) is 0 Å². The molecule has 0 aromatic heterocycles. The van der Waals surface area contributed by atoms with Crippen LogP contribution in [-0.4, -0.2) is 34.5 Å². The summed E-state index contributed by atoms with van der Waals surface area (Å²) >= 11 is 0. The van der Waals surface area contributed by atoms with Crippen molar-refractivity contribution in [3.63, 3.8) is 0 Å². The smallest absolute Gasteiger partial charge is 0.306 e. The van der Waals surface area contributed by atoms with Crippen molar-refractivity contribution in [1.82, 2.24) is 0 Å². The van der Waals surface area contributed by atoms with Crippen LogP contribution in [0.15, 0.2) is 48.6 Å². The fourth-order valence-electron chi connectivity index (χ4n) is 3.11. The van der Waals surface area contributed by atoms with Gasteiger partial charge in [0.2, 0.25) is 0 Å². The van der Waals surface area contributed by atoms with Crippen LogP contribution in [0, 0.1) is 17.8 Å². The fraction of sp³-hybridized carbons (Fsp3) is 0.625. The number of ether oxygens (including phenoxy) is 1. The van der Waals surface area contributed by atoms with Crippen LogP contribution in [0.3, 0.4) is 0 Å². The van der Waals surface area contributed by atoms with Crippen molar-refractivity contribution >= 4 is 5.97 Å². The van der Waals surface area contributed by atoms with Crippen LogP contribution < -0.4 is 0 Å². The van der Waals surface area contributed by atoms with Crippen molar-refractivity contribution in [1.29, 1.82) is 0 Å². The number of aliphatic hydroxyl groups is 2. The largest absolute Gasteiger partial charge is 0.459 e. The molecule has 0 aliphatic carbocycles. The minimum Gasteiger partial charge on any atom is -0.459 e. The SMILES string of the molecule is C=C1CCC=CC(O)C(C)C=CC(O)C(C(C)C=CCCC)OC(=O)CC1C. The zero-order valence-corrected chi connectivity index (χ0v) is 17.9. The molecule has 0 amide bonds. The van der Waals surface area contributed by atoms with Crippen LogP contribution in [0.4, 0.5) is 0 Å². The third-order valence-corrected chi connectivity index (χ3v) is 5.30. The lowest BCUT2D eigenvalue weighted by molar-refractivity contribution is -0.156. The molecule has 0 saturated heterocycles. The van der Waals surface area contributed by atoms with Crippen LogP contribution >= 0.6 is 0 Å². The molecule has 6 atom stereocenters. The van der Waals surface area contributed by atoms with Gasteiger partial charge in [0.05, 0.1) is 12.5 Å². The van der Waals surface area contributed by atoms with Gasteiger partial charge in [0.1, 0.15) is 12.2 Å². The molecular weight excluding hydrogens is 352 g/mol. The van der Waals surface area contributed by atoms with E-state index in [2.05, 4.69) is 19.6 Å². The van der Waals surface area contributed by atoms with Gasteiger partial charge in [-0.25, -0.2) is 0 Å². The van der Waals surface area contributed by atoms with Crippen molar-refractivity contribution in [3.8, 4) is 0 Å². The van der Waals surface area contributed by atoms with Gasteiger partial charge in [0.15, 0.2) is 0 Å². The average molecular weight is 391 g/mol. The first-order valence-electron chi connectivity index (χ1n) is 10.5. The molecule has 6 unspecified atom stereocenters. The Balaban J connectivity index is 3.06. The number of rotatable bonds is 4. The number of cyclic esters (lactones) is 1. The van der Waals surface area contributed by atoms with E-state index in [1.165, 1.54) is 0 Å². The topological polar surface area (TPSA) is 66.8 Å². The number of esters is 1. The first-order valence-corrected chi connectivity index (χ1v) is 10.5. The summed E-state index contributed by atoms with van der Waals surface area (Å²) in [6, 6.07) is 0. The molecule has 0 radical (unpaired) electrons. The van der Waals surface area contributed by atoms with E-state index in [9.17, 15) is 15.0 Å². The molecule has 158 valence electrons. The lowest BCUT2D eigenvalue weighted by Gasteiger charge is -2.26. The lowest BCUT2D eigenvalue weighted by atomic mass is 9.94. The van der Waals surface area contributed by atoms with E-state index in [-0.39, 0.29) is 30.1 Å². The number of aliphatic hydroxyl groups excluding tert-OH is 2. The maximum atomic E-state index is 12.5. The van der Waals surface area contributed by atoms with Gasteiger partial charge in [-0.15, -0.1) is 0 Å². The highest BCUT2D eigenvalue weighted by atomic mass is 16.6. The molecule has 0 bridgehead atoms. The highest BCUT2D eigenvalue weighted by Gasteiger charge is 2.27. The second kappa shape index (κ2) is 12.7. The Labute approximate surface area is 170 Å². The minimum atomic E-state index is -0.938. The molecule has 0 spiro atoms. The zero-order chi connectivity index (χ0) is 21.1. The van der Waals surface area contributed by atoms with Gasteiger partial charge in [-0.3, -0.25) is 4.79 Å². The Kier molecular flexibility index (Phi) is 11.1.